The van der Waals surface area contributed by atoms with Gasteiger partial charge in [-0.05, 0) is 46.1 Å². The number of thioether (sulfide) groups is 1. The molecule has 1 fully saturated rings. The number of rotatable bonds is 4. The van der Waals surface area contributed by atoms with Crippen molar-refractivity contribution in [3.8, 4) is 0 Å². The van der Waals surface area contributed by atoms with E-state index in [1.165, 1.54) is 24.0 Å². The third-order valence-electron chi connectivity index (χ3n) is 3.61. The average molecular weight is 353 g/mol. The van der Waals surface area contributed by atoms with Crippen molar-refractivity contribution in [2.75, 3.05) is 12.3 Å². The van der Waals surface area contributed by atoms with Gasteiger partial charge in [-0.3, -0.25) is 10.1 Å². The van der Waals surface area contributed by atoms with E-state index >= 15 is 0 Å². The fourth-order valence-electron chi connectivity index (χ4n) is 2.48. The number of ether oxygens (including phenoxy) is 1. The predicted molar refractivity (Wildman–Crippen MR) is 92.2 cm³/mol. The van der Waals surface area contributed by atoms with Crippen molar-refractivity contribution in [1.29, 1.82) is 0 Å². The number of carbonyl (C=O) groups excluding carboxylic acids is 1. The van der Waals surface area contributed by atoms with Gasteiger partial charge in [-0.2, -0.15) is 0 Å². The highest BCUT2D eigenvalue weighted by molar-refractivity contribution is 7.99. The molecule has 2 heterocycles. The van der Waals surface area contributed by atoms with Gasteiger partial charge in [0.1, 0.15) is 11.8 Å². The summed E-state index contributed by atoms with van der Waals surface area (Å²) in [7, 11) is 0. The second-order valence-electron chi connectivity index (χ2n) is 6.75. The van der Waals surface area contributed by atoms with Gasteiger partial charge in [-0.1, -0.05) is 0 Å². The maximum atomic E-state index is 12.4. The summed E-state index contributed by atoms with van der Waals surface area (Å²) in [6.45, 7) is 6.28. The molecule has 132 valence electrons. The Labute approximate surface area is 145 Å². The third kappa shape index (κ3) is 5.36. The van der Waals surface area contributed by atoms with E-state index < -0.39 is 10.5 Å². The van der Waals surface area contributed by atoms with Gasteiger partial charge in [0.05, 0.1) is 9.95 Å². The smallest absolute Gasteiger partial charge is 0.410 e. The van der Waals surface area contributed by atoms with Crippen molar-refractivity contribution in [2.24, 2.45) is 0 Å². The molecule has 1 aliphatic rings. The first-order valence-electron chi connectivity index (χ1n) is 7.99. The monoisotopic (exact) mass is 353 g/mol. The number of aromatic nitrogens is 1. The highest BCUT2D eigenvalue weighted by Crippen LogP contribution is 2.26. The van der Waals surface area contributed by atoms with Crippen LogP contribution in [-0.2, 0) is 4.74 Å². The number of pyridine rings is 1. The number of hydrogen-bond donors (Lipinski definition) is 0. The summed E-state index contributed by atoms with van der Waals surface area (Å²) in [5.74, 6) is 0.698. The summed E-state index contributed by atoms with van der Waals surface area (Å²) in [5.41, 5.74) is -0.529. The number of nitro groups is 1. The molecule has 8 heteroatoms. The Balaban J connectivity index is 1.95. The number of amides is 1. The summed E-state index contributed by atoms with van der Waals surface area (Å²) in [5, 5.41) is 11.4. The van der Waals surface area contributed by atoms with Crippen LogP contribution in [0, 0.1) is 10.1 Å². The Bertz CT molecular complexity index is 586. The first-order chi connectivity index (χ1) is 11.3. The molecule has 0 spiro atoms. The zero-order valence-corrected chi connectivity index (χ0v) is 15.0. The van der Waals surface area contributed by atoms with Gasteiger partial charge in [0.15, 0.2) is 0 Å². The van der Waals surface area contributed by atoms with Crippen molar-refractivity contribution in [1.82, 2.24) is 9.88 Å². The fraction of sp³-hybridized carbons (Fsp3) is 0.625. The Morgan fingerprint density at radius 3 is 2.79 bits per heavy atom. The molecular weight excluding hydrogens is 330 g/mol. The molecule has 1 aromatic heterocycles. The average Bonchev–Trinajstić information content (AvgIpc) is 2.52. The molecule has 7 nitrogen and oxygen atoms in total. The van der Waals surface area contributed by atoms with Gasteiger partial charge < -0.3 is 9.64 Å². The Morgan fingerprint density at radius 2 is 2.21 bits per heavy atom. The molecule has 2 rings (SSSR count). The van der Waals surface area contributed by atoms with Crippen LogP contribution in [0.3, 0.4) is 0 Å². The third-order valence-corrected chi connectivity index (χ3v) is 4.70. The molecule has 1 aromatic rings. The zero-order valence-electron chi connectivity index (χ0n) is 14.2. The number of piperidine rings is 1. The van der Waals surface area contributed by atoms with Gasteiger partial charge in [0.2, 0.25) is 0 Å². The summed E-state index contributed by atoms with van der Waals surface area (Å²) in [6, 6.07) is 3.18. The zero-order chi connectivity index (χ0) is 17.7. The second-order valence-corrected chi connectivity index (χ2v) is 7.79. The van der Waals surface area contributed by atoms with Crippen LogP contribution in [0.1, 0.15) is 40.0 Å². The number of nitrogens with zero attached hydrogens (tertiary/aromatic N) is 3. The molecular formula is C16H23N3O4S. The standard InChI is InChI=1S/C16H23N3O4S/c1-16(2,3)23-15(20)18-9-5-4-6-13(18)11-24-14-8-7-12(10-17-14)19(21)22/h7-8,10,13H,4-6,9,11H2,1-3H3/t13-/m0/s1. The van der Waals surface area contributed by atoms with Crippen LogP contribution in [0.25, 0.3) is 0 Å². The normalized spacial score (nSPS) is 18.3. The Kier molecular flexibility index (Phi) is 6.04. The number of likely N-dealkylation sites (tertiary alicyclic amines) is 1. The lowest BCUT2D eigenvalue weighted by atomic mass is 10.0. The van der Waals surface area contributed by atoms with Crippen LogP contribution in [-0.4, -0.2) is 44.8 Å². The molecule has 0 aromatic carbocycles. The molecule has 0 saturated carbocycles. The van der Waals surface area contributed by atoms with Crippen LogP contribution in [0.2, 0.25) is 0 Å². The Hall–Kier alpha value is -1.83. The highest BCUT2D eigenvalue weighted by atomic mass is 32.2. The second kappa shape index (κ2) is 7.83. The van der Waals surface area contributed by atoms with E-state index in [2.05, 4.69) is 4.98 Å². The molecule has 1 atom stereocenters. The van der Waals surface area contributed by atoms with Gasteiger partial charge in [0.25, 0.3) is 5.69 Å². The van der Waals surface area contributed by atoms with E-state index in [1.807, 2.05) is 20.8 Å². The van der Waals surface area contributed by atoms with Crippen LogP contribution in [0.4, 0.5) is 10.5 Å². The van der Waals surface area contributed by atoms with Gasteiger partial charge in [-0.15, -0.1) is 11.8 Å². The molecule has 24 heavy (non-hydrogen) atoms. The fourth-order valence-corrected chi connectivity index (χ4v) is 3.48. The SMILES string of the molecule is CC(C)(C)OC(=O)N1CCCC[C@H]1CSc1ccc([N+](=O)[O-])cn1. The van der Waals surface area contributed by atoms with Crippen LogP contribution in [0.5, 0.6) is 0 Å². The van der Waals surface area contributed by atoms with E-state index in [4.69, 9.17) is 4.74 Å². The minimum absolute atomic E-state index is 0.0209. The van der Waals surface area contributed by atoms with E-state index in [-0.39, 0.29) is 17.8 Å². The largest absolute Gasteiger partial charge is 0.444 e. The van der Waals surface area contributed by atoms with E-state index in [9.17, 15) is 14.9 Å². The predicted octanol–water partition coefficient (Wildman–Crippen LogP) is 3.87. The highest BCUT2D eigenvalue weighted by Gasteiger charge is 2.30. The molecule has 0 N–H and O–H groups in total. The minimum Gasteiger partial charge on any atom is -0.444 e. The Morgan fingerprint density at radius 1 is 1.46 bits per heavy atom. The van der Waals surface area contributed by atoms with Crippen LogP contribution < -0.4 is 0 Å². The first-order valence-corrected chi connectivity index (χ1v) is 8.98. The lowest BCUT2D eigenvalue weighted by Crippen LogP contribution is -2.47. The van der Waals surface area contributed by atoms with Crippen LogP contribution in [0.15, 0.2) is 23.4 Å². The van der Waals surface area contributed by atoms with Crippen molar-refractivity contribution < 1.29 is 14.5 Å². The maximum Gasteiger partial charge on any atom is 0.410 e. The van der Waals surface area contributed by atoms with E-state index in [0.717, 1.165) is 24.3 Å². The van der Waals surface area contributed by atoms with Crippen molar-refractivity contribution in [3.05, 3.63) is 28.4 Å². The lowest BCUT2D eigenvalue weighted by Gasteiger charge is -2.36. The van der Waals surface area contributed by atoms with Crippen molar-refractivity contribution in [3.63, 3.8) is 0 Å². The molecule has 0 aliphatic carbocycles. The molecule has 1 aliphatic heterocycles. The topological polar surface area (TPSA) is 85.6 Å². The molecule has 1 amide bonds. The van der Waals surface area contributed by atoms with Gasteiger partial charge in [-0.25, -0.2) is 9.78 Å². The summed E-state index contributed by atoms with van der Waals surface area (Å²) in [4.78, 5) is 28.4. The number of hydrogen-bond acceptors (Lipinski definition) is 6. The molecule has 0 bridgehead atoms. The van der Waals surface area contributed by atoms with Crippen molar-refractivity contribution >= 4 is 23.5 Å². The quantitative estimate of drug-likeness (QED) is 0.464. The van der Waals surface area contributed by atoms with Gasteiger partial charge >= 0.3 is 6.09 Å². The number of carbonyl (C=O) groups is 1. The maximum absolute atomic E-state index is 12.4. The molecule has 1 saturated heterocycles. The minimum atomic E-state index is -0.508. The van der Waals surface area contributed by atoms with Crippen LogP contribution >= 0.6 is 11.8 Å². The first kappa shape index (κ1) is 18.5. The molecule has 0 unspecified atom stereocenters. The van der Waals surface area contributed by atoms with E-state index in [0.29, 0.717) is 12.3 Å². The summed E-state index contributed by atoms with van der Waals surface area (Å²) >= 11 is 1.50. The molecule has 0 radical (unpaired) electrons. The lowest BCUT2D eigenvalue weighted by molar-refractivity contribution is -0.385. The van der Waals surface area contributed by atoms with Gasteiger partial charge in [0, 0.05) is 24.4 Å². The summed E-state index contributed by atoms with van der Waals surface area (Å²) in [6.07, 6.45) is 3.98. The van der Waals surface area contributed by atoms with E-state index in [1.54, 1.807) is 11.0 Å². The van der Waals surface area contributed by atoms with Crippen molar-refractivity contribution in [2.45, 2.75) is 56.7 Å². The summed E-state index contributed by atoms with van der Waals surface area (Å²) < 4.78 is 5.49.